The van der Waals surface area contributed by atoms with Gasteiger partial charge in [-0.25, -0.2) is 0 Å². The molecule has 0 aliphatic rings. The monoisotopic (exact) mass is 968 g/mol. The van der Waals surface area contributed by atoms with Crippen molar-refractivity contribution in [2.75, 3.05) is 40.9 Å². The number of hydrogen-bond acceptors (Lipinski definition) is 13. The number of ether oxygens (including phenoxy) is 4. The molecule has 0 radical (unpaired) electrons. The first-order valence-corrected chi connectivity index (χ1v) is 26.2. The highest BCUT2D eigenvalue weighted by atomic mass is 16.6. The molecule has 0 bridgehead atoms. The second-order valence-electron chi connectivity index (χ2n) is 17.9. The summed E-state index contributed by atoms with van der Waals surface area (Å²) in [6, 6.07) is 0. The first-order valence-electron chi connectivity index (χ1n) is 26.2. The van der Waals surface area contributed by atoms with Crippen LogP contribution in [0.2, 0.25) is 0 Å². The molecule has 4 atom stereocenters. The largest absolute Gasteiger partial charge is 0.469 e. The van der Waals surface area contributed by atoms with Crippen LogP contribution in [0.4, 0.5) is 0 Å². The van der Waals surface area contributed by atoms with Crippen LogP contribution < -0.4 is 11.1 Å². The molecule has 68 heavy (non-hydrogen) atoms. The van der Waals surface area contributed by atoms with Crippen LogP contribution in [-0.4, -0.2) is 116 Å². The van der Waals surface area contributed by atoms with Gasteiger partial charge >= 0.3 is 23.9 Å². The number of aliphatic hydroxyl groups excluding tert-OH is 2. The van der Waals surface area contributed by atoms with E-state index in [-0.39, 0.29) is 61.4 Å². The Kier molecular flexibility index (Phi) is 47.0. The van der Waals surface area contributed by atoms with Crippen molar-refractivity contribution in [3.05, 3.63) is 24.3 Å². The molecule has 0 heterocycles. The van der Waals surface area contributed by atoms with Gasteiger partial charge in [0, 0.05) is 51.6 Å². The predicted octanol–water partition coefficient (Wildman–Crippen LogP) is 9.27. The Labute approximate surface area is 411 Å². The van der Waals surface area contributed by atoms with E-state index in [0.29, 0.717) is 71.1 Å². The van der Waals surface area contributed by atoms with Gasteiger partial charge in [-0.15, -0.1) is 0 Å². The third-order valence-electron chi connectivity index (χ3n) is 11.2. The molecule has 0 spiro atoms. The van der Waals surface area contributed by atoms with Crippen LogP contribution in [0.1, 0.15) is 213 Å². The number of aliphatic hydroxyl groups is 2. The van der Waals surface area contributed by atoms with Crippen molar-refractivity contribution in [1.29, 1.82) is 0 Å². The van der Waals surface area contributed by atoms with E-state index in [1.807, 2.05) is 38.1 Å². The minimum atomic E-state index is -0.734. The van der Waals surface area contributed by atoms with Crippen molar-refractivity contribution in [1.82, 2.24) is 10.2 Å². The average molecular weight is 968 g/mol. The van der Waals surface area contributed by atoms with E-state index in [9.17, 15) is 39.0 Å². The molecular formula is C53H97N3O12. The second kappa shape index (κ2) is 48.2. The van der Waals surface area contributed by atoms with Crippen molar-refractivity contribution < 1.29 is 57.9 Å². The molecule has 0 aromatic rings. The van der Waals surface area contributed by atoms with Crippen LogP contribution >= 0.6 is 0 Å². The third-order valence-corrected chi connectivity index (χ3v) is 11.2. The van der Waals surface area contributed by atoms with E-state index in [0.717, 1.165) is 116 Å². The Morgan fingerprint density at radius 1 is 0.544 bits per heavy atom. The number of methoxy groups -OCH3 is 1. The molecule has 396 valence electrons. The van der Waals surface area contributed by atoms with Crippen molar-refractivity contribution >= 4 is 35.7 Å². The van der Waals surface area contributed by atoms with E-state index in [1.165, 1.54) is 7.11 Å². The van der Waals surface area contributed by atoms with Crippen LogP contribution in [0.15, 0.2) is 24.3 Å². The summed E-state index contributed by atoms with van der Waals surface area (Å²) in [7, 11) is 5.14. The summed E-state index contributed by atoms with van der Waals surface area (Å²) >= 11 is 0. The number of carbonyl (C=O) groups excluding carboxylic acids is 6. The number of unbranched alkanes of at least 4 members (excludes halogenated alkanes) is 14. The zero-order valence-electron chi connectivity index (χ0n) is 43.5. The summed E-state index contributed by atoms with van der Waals surface area (Å²) in [6.07, 6.45) is 28.6. The van der Waals surface area contributed by atoms with Gasteiger partial charge in [0.15, 0.2) is 0 Å². The average Bonchev–Trinajstić information content (AvgIpc) is 3.29. The van der Waals surface area contributed by atoms with Crippen LogP contribution in [0.25, 0.3) is 0 Å². The molecule has 4 unspecified atom stereocenters. The molecule has 15 nitrogen and oxygen atoms in total. The molecule has 0 aromatic heterocycles. The lowest BCUT2D eigenvalue weighted by Crippen LogP contribution is -2.31. The number of likely N-dealkylation sites (N-methyl/N-ethyl adjacent to an activating group) is 1. The van der Waals surface area contributed by atoms with Gasteiger partial charge in [-0.05, 0) is 111 Å². The van der Waals surface area contributed by atoms with Gasteiger partial charge in [0.25, 0.3) is 0 Å². The normalized spacial score (nSPS) is 13.1. The van der Waals surface area contributed by atoms with E-state index in [4.69, 9.17) is 19.9 Å². The van der Waals surface area contributed by atoms with Crippen molar-refractivity contribution in [3.8, 4) is 0 Å². The lowest BCUT2D eigenvalue weighted by molar-refractivity contribution is -0.157. The Balaban J connectivity index is 0. The van der Waals surface area contributed by atoms with Gasteiger partial charge in [0.2, 0.25) is 11.8 Å². The maximum atomic E-state index is 12.3. The maximum Gasteiger partial charge on any atom is 0.306 e. The van der Waals surface area contributed by atoms with Crippen molar-refractivity contribution in [3.63, 3.8) is 0 Å². The molecule has 15 heteroatoms. The molecule has 5 N–H and O–H groups in total. The molecule has 0 rings (SSSR count). The van der Waals surface area contributed by atoms with E-state index < -0.39 is 24.4 Å². The number of hydrogen-bond donors (Lipinski definition) is 4. The summed E-state index contributed by atoms with van der Waals surface area (Å²) in [6.45, 7) is 7.85. The number of rotatable bonds is 44. The zero-order chi connectivity index (χ0) is 51.0. The highest BCUT2D eigenvalue weighted by Gasteiger charge is 2.23. The molecule has 0 saturated heterocycles. The fourth-order valence-corrected chi connectivity index (χ4v) is 7.04. The number of esters is 4. The number of nitrogens with one attached hydrogen (secondary N) is 1. The van der Waals surface area contributed by atoms with Crippen LogP contribution in [0.3, 0.4) is 0 Å². The minimum absolute atomic E-state index is 0.138. The van der Waals surface area contributed by atoms with Gasteiger partial charge in [-0.2, -0.15) is 0 Å². The van der Waals surface area contributed by atoms with Gasteiger partial charge in [-0.1, -0.05) is 102 Å². The van der Waals surface area contributed by atoms with Gasteiger partial charge in [0.05, 0.1) is 19.3 Å². The quantitative estimate of drug-likeness (QED) is 0.0194. The number of amides is 2. The first kappa shape index (κ1) is 66.3. The Morgan fingerprint density at radius 2 is 0.985 bits per heavy atom. The van der Waals surface area contributed by atoms with Crippen molar-refractivity contribution in [2.24, 2.45) is 5.73 Å². The van der Waals surface area contributed by atoms with Gasteiger partial charge in [-0.3, -0.25) is 28.8 Å². The Hall–Kier alpha value is -3.82. The van der Waals surface area contributed by atoms with Crippen LogP contribution in [-0.2, 0) is 47.7 Å². The number of nitrogens with two attached hydrogens (primary N) is 1. The molecule has 0 saturated carbocycles. The predicted molar refractivity (Wildman–Crippen MR) is 269 cm³/mol. The lowest BCUT2D eigenvalue weighted by Gasteiger charge is -2.22. The first-order chi connectivity index (χ1) is 32.7. The number of primary amides is 1. The van der Waals surface area contributed by atoms with E-state index >= 15 is 0 Å². The SMILES string of the molecule is CCCCCC(OC(=O)CCCC(=O)OC)C(O)C/C=C\CCCCCCCC(N)=O.CCCCCC(OC(=O)CCCC(=O)OCCN(C)C)C(O)C/C=C\CCCCCCCC(=O)NCC. The summed E-state index contributed by atoms with van der Waals surface area (Å²) < 4.78 is 20.8. The summed E-state index contributed by atoms with van der Waals surface area (Å²) in [5.41, 5.74) is 5.12. The van der Waals surface area contributed by atoms with Crippen LogP contribution in [0, 0.1) is 0 Å². The molecular weight excluding hydrogens is 871 g/mol. The third kappa shape index (κ3) is 45.9. The highest BCUT2D eigenvalue weighted by Crippen LogP contribution is 2.18. The molecule has 2 amide bonds. The minimum Gasteiger partial charge on any atom is -0.469 e. The molecule has 0 aliphatic carbocycles. The summed E-state index contributed by atoms with van der Waals surface area (Å²) in [5, 5.41) is 24.0. The molecule has 0 aliphatic heterocycles. The molecule has 0 aromatic carbocycles. The zero-order valence-corrected chi connectivity index (χ0v) is 43.5. The number of carbonyl (C=O) groups is 6. The topological polar surface area (TPSA) is 221 Å². The maximum absolute atomic E-state index is 12.3. The van der Waals surface area contributed by atoms with Gasteiger partial charge in [0.1, 0.15) is 18.8 Å². The van der Waals surface area contributed by atoms with Gasteiger partial charge < -0.3 is 45.1 Å². The fourth-order valence-electron chi connectivity index (χ4n) is 7.04. The van der Waals surface area contributed by atoms with Crippen LogP contribution in [0.5, 0.6) is 0 Å². The Morgan fingerprint density at radius 3 is 1.43 bits per heavy atom. The van der Waals surface area contributed by atoms with E-state index in [1.54, 1.807) is 0 Å². The van der Waals surface area contributed by atoms with E-state index in [2.05, 4.69) is 36.1 Å². The lowest BCUT2D eigenvalue weighted by atomic mass is 10.0. The second-order valence-corrected chi connectivity index (χ2v) is 17.9. The molecule has 0 fully saturated rings. The standard InChI is InChI=1S/C29H54N2O6.C24H43NO6/c1-5-7-14-19-26(37-29(35)22-17-21-28(34)36-24-23-31(3)4)25(32)18-15-12-10-8-9-11-13-16-20-27(33)30-6-2;1-3-4-11-16-21(31-24(29)19-14-18-23(28)30-2)20(26)15-12-9-7-5-6-8-10-13-17-22(25)27/h12,15,25-26,32H,5-11,13-14,16-24H2,1-4H3,(H,30,33);9,12,20-21,26H,3-8,10-11,13-19H2,1-2H3,(H2,25,27)/b15-12-;12-9-. The fraction of sp³-hybridized carbons (Fsp3) is 0.811. The number of allylic oxidation sites excluding steroid dienone is 2. The smallest absolute Gasteiger partial charge is 0.306 e. The number of nitrogens with zero attached hydrogens (tertiary/aromatic N) is 1. The Bertz CT molecular complexity index is 1340. The summed E-state index contributed by atoms with van der Waals surface area (Å²) in [5.74, 6) is -1.51. The highest BCUT2D eigenvalue weighted by molar-refractivity contribution is 5.75. The summed E-state index contributed by atoms with van der Waals surface area (Å²) in [4.78, 5) is 71.4. The van der Waals surface area contributed by atoms with Crippen molar-refractivity contribution in [2.45, 2.75) is 238 Å².